The lowest BCUT2D eigenvalue weighted by molar-refractivity contribution is -0.385. The molecule has 30 heavy (non-hydrogen) atoms. The highest BCUT2D eigenvalue weighted by atomic mass is 16.6. The zero-order chi connectivity index (χ0) is 21.4. The number of benzene rings is 2. The van der Waals surface area contributed by atoms with Gasteiger partial charge in [0.15, 0.2) is 5.69 Å². The second kappa shape index (κ2) is 7.62. The molecule has 0 saturated heterocycles. The van der Waals surface area contributed by atoms with E-state index in [0.717, 1.165) is 29.7 Å². The molecule has 0 aliphatic heterocycles. The summed E-state index contributed by atoms with van der Waals surface area (Å²) in [5.41, 5.74) is 3.31. The van der Waals surface area contributed by atoms with E-state index in [0.29, 0.717) is 5.56 Å². The van der Waals surface area contributed by atoms with Crippen LogP contribution in [0, 0.1) is 30.9 Å². The number of ether oxygens (including phenoxy) is 1. The number of rotatable bonds is 6. The second-order valence-electron chi connectivity index (χ2n) is 7.56. The third-order valence-electron chi connectivity index (χ3n) is 5.06. The summed E-state index contributed by atoms with van der Waals surface area (Å²) in [7, 11) is 0. The average Bonchev–Trinajstić information content (AvgIpc) is 3.47. The first-order valence-corrected chi connectivity index (χ1v) is 9.74. The minimum atomic E-state index is -0.496. The number of hydrogen-bond acceptors (Lipinski definition) is 5. The largest absolute Gasteiger partial charge is 0.431 e. The molecule has 0 bridgehead atoms. The van der Waals surface area contributed by atoms with Crippen molar-refractivity contribution in [1.82, 2.24) is 15.1 Å². The monoisotopic (exact) mass is 406 g/mol. The molecule has 1 fully saturated rings. The van der Waals surface area contributed by atoms with Crippen LogP contribution in [0.15, 0.2) is 42.5 Å². The van der Waals surface area contributed by atoms with Crippen LogP contribution in [0.4, 0.5) is 5.69 Å². The molecule has 1 saturated carbocycles. The maximum Gasteiger partial charge on any atom is 0.311 e. The van der Waals surface area contributed by atoms with E-state index in [4.69, 9.17) is 4.74 Å². The van der Waals surface area contributed by atoms with Crippen LogP contribution in [-0.4, -0.2) is 26.7 Å². The summed E-state index contributed by atoms with van der Waals surface area (Å²) in [5, 5.41) is 18.9. The molecular formula is C22H22N4O4. The molecule has 0 spiro atoms. The quantitative estimate of drug-likeness (QED) is 0.483. The van der Waals surface area contributed by atoms with Crippen LogP contribution < -0.4 is 10.1 Å². The Hall–Kier alpha value is -3.68. The van der Waals surface area contributed by atoms with E-state index in [-0.39, 0.29) is 35.0 Å². The van der Waals surface area contributed by atoms with Gasteiger partial charge in [-0.05, 0) is 56.9 Å². The summed E-state index contributed by atoms with van der Waals surface area (Å²) >= 11 is 0. The highest BCUT2D eigenvalue weighted by molar-refractivity contribution is 5.94. The van der Waals surface area contributed by atoms with E-state index in [1.165, 1.54) is 12.1 Å². The number of nitro benzene ring substituents is 1. The Morgan fingerprint density at radius 2 is 1.93 bits per heavy atom. The number of aryl methyl sites for hydroxylation is 2. The zero-order valence-electron chi connectivity index (χ0n) is 17.0. The van der Waals surface area contributed by atoms with Crippen molar-refractivity contribution in [3.8, 4) is 17.3 Å². The molecule has 0 unspecified atom stereocenters. The fraction of sp³-hybridized carbons (Fsp3) is 0.273. The first-order chi connectivity index (χ1) is 14.3. The second-order valence-corrected chi connectivity index (χ2v) is 7.56. The van der Waals surface area contributed by atoms with Crippen molar-refractivity contribution in [3.63, 3.8) is 0 Å². The van der Waals surface area contributed by atoms with Gasteiger partial charge in [0.1, 0.15) is 0 Å². The number of hydrogen-bond donors (Lipinski definition) is 1. The Kier molecular flexibility index (Phi) is 4.99. The van der Waals surface area contributed by atoms with Crippen molar-refractivity contribution >= 4 is 11.6 Å². The highest BCUT2D eigenvalue weighted by Gasteiger charge is 2.29. The van der Waals surface area contributed by atoms with Gasteiger partial charge in [0.05, 0.1) is 10.6 Å². The van der Waals surface area contributed by atoms with Crippen LogP contribution in [0.25, 0.3) is 5.69 Å². The number of amides is 1. The number of carbonyl (C=O) groups excluding carboxylic acids is 1. The van der Waals surface area contributed by atoms with Crippen molar-refractivity contribution in [2.24, 2.45) is 0 Å². The summed E-state index contributed by atoms with van der Waals surface area (Å²) in [5.74, 6) is 0.0941. The van der Waals surface area contributed by atoms with E-state index >= 15 is 0 Å². The molecule has 8 nitrogen and oxygen atoms in total. The van der Waals surface area contributed by atoms with Gasteiger partial charge in [0.2, 0.25) is 11.6 Å². The van der Waals surface area contributed by atoms with Gasteiger partial charge in [-0.15, -0.1) is 0 Å². The number of aromatic nitrogens is 2. The first-order valence-electron chi connectivity index (χ1n) is 9.74. The lowest BCUT2D eigenvalue weighted by atomic mass is 10.1. The third kappa shape index (κ3) is 3.76. The summed E-state index contributed by atoms with van der Waals surface area (Å²) in [6.07, 6.45) is 1.92. The summed E-state index contributed by atoms with van der Waals surface area (Å²) < 4.78 is 7.56. The molecule has 8 heteroatoms. The van der Waals surface area contributed by atoms with E-state index in [9.17, 15) is 14.9 Å². The fourth-order valence-electron chi connectivity index (χ4n) is 3.21. The van der Waals surface area contributed by atoms with Crippen LogP contribution in [0.1, 0.15) is 40.0 Å². The van der Waals surface area contributed by atoms with Crippen molar-refractivity contribution in [1.29, 1.82) is 0 Å². The number of para-hydroxylation sites is 2. The molecule has 0 radical (unpaired) electrons. The standard InChI is InChI=1S/C22H22N4O4/c1-13-8-9-14(2)18(12-13)25-22(30-19-7-5-4-6-17(19)26(28)29)15(3)20(24-25)21(27)23-16-10-11-16/h4-9,12,16H,10-11H2,1-3H3,(H,23,27). The predicted octanol–water partition coefficient (Wildman–Crippen LogP) is 4.39. The molecule has 2 aromatic carbocycles. The van der Waals surface area contributed by atoms with E-state index < -0.39 is 4.92 Å². The SMILES string of the molecule is Cc1ccc(C)c(-n2nc(C(=O)NC3CC3)c(C)c2Oc2ccccc2[N+](=O)[O-])c1. The van der Waals surface area contributed by atoms with Gasteiger partial charge < -0.3 is 10.1 Å². The fourth-order valence-corrected chi connectivity index (χ4v) is 3.21. The van der Waals surface area contributed by atoms with E-state index in [2.05, 4.69) is 10.4 Å². The van der Waals surface area contributed by atoms with Crippen molar-refractivity contribution < 1.29 is 14.5 Å². The lowest BCUT2D eigenvalue weighted by Crippen LogP contribution is -2.26. The van der Waals surface area contributed by atoms with Gasteiger partial charge in [-0.1, -0.05) is 24.3 Å². The van der Waals surface area contributed by atoms with Crippen molar-refractivity contribution in [2.75, 3.05) is 0 Å². The van der Waals surface area contributed by atoms with Crippen LogP contribution in [-0.2, 0) is 0 Å². The van der Waals surface area contributed by atoms with Crippen LogP contribution in [0.3, 0.4) is 0 Å². The van der Waals surface area contributed by atoms with Crippen LogP contribution in [0.5, 0.6) is 11.6 Å². The van der Waals surface area contributed by atoms with Gasteiger partial charge in [-0.25, -0.2) is 0 Å². The molecular weight excluding hydrogens is 384 g/mol. The topological polar surface area (TPSA) is 99.3 Å². The normalized spacial score (nSPS) is 13.2. The molecule has 1 aromatic heterocycles. The molecule has 154 valence electrons. The van der Waals surface area contributed by atoms with Gasteiger partial charge >= 0.3 is 5.69 Å². The van der Waals surface area contributed by atoms with Crippen molar-refractivity contribution in [2.45, 2.75) is 39.7 Å². The number of nitrogens with zero attached hydrogens (tertiary/aromatic N) is 3. The highest BCUT2D eigenvalue weighted by Crippen LogP contribution is 2.36. The zero-order valence-corrected chi connectivity index (χ0v) is 17.0. The average molecular weight is 406 g/mol. The third-order valence-corrected chi connectivity index (χ3v) is 5.06. The van der Waals surface area contributed by atoms with Gasteiger partial charge in [0.25, 0.3) is 5.91 Å². The maximum atomic E-state index is 12.7. The summed E-state index contributed by atoms with van der Waals surface area (Å²) in [6.45, 7) is 5.63. The van der Waals surface area contributed by atoms with Gasteiger partial charge in [-0.2, -0.15) is 9.78 Å². The minimum Gasteiger partial charge on any atom is -0.431 e. The van der Waals surface area contributed by atoms with E-state index in [1.807, 2.05) is 32.0 Å². The summed E-state index contributed by atoms with van der Waals surface area (Å²) in [4.78, 5) is 23.7. The molecule has 0 atom stereocenters. The Balaban J connectivity index is 1.85. The van der Waals surface area contributed by atoms with Crippen LogP contribution in [0.2, 0.25) is 0 Å². The number of nitrogens with one attached hydrogen (secondary N) is 1. The molecule has 4 rings (SSSR count). The van der Waals surface area contributed by atoms with Crippen LogP contribution >= 0.6 is 0 Å². The molecule has 3 aromatic rings. The number of nitro groups is 1. The molecule has 1 amide bonds. The van der Waals surface area contributed by atoms with Gasteiger partial charge in [0, 0.05) is 17.7 Å². The maximum absolute atomic E-state index is 12.7. The Morgan fingerprint density at radius 3 is 2.63 bits per heavy atom. The van der Waals surface area contributed by atoms with Gasteiger partial charge in [-0.3, -0.25) is 14.9 Å². The predicted molar refractivity (Wildman–Crippen MR) is 111 cm³/mol. The molecule has 1 heterocycles. The number of carbonyl (C=O) groups is 1. The molecule has 1 aliphatic carbocycles. The molecule has 1 aliphatic rings. The summed E-state index contributed by atoms with van der Waals surface area (Å²) in [6, 6.07) is 12.2. The smallest absolute Gasteiger partial charge is 0.311 e. The minimum absolute atomic E-state index is 0.0891. The molecule has 1 N–H and O–H groups in total. The lowest BCUT2D eigenvalue weighted by Gasteiger charge is -2.12. The van der Waals surface area contributed by atoms with E-state index in [1.54, 1.807) is 23.7 Å². The Morgan fingerprint density at radius 1 is 1.20 bits per heavy atom. The Labute approximate surface area is 173 Å². The van der Waals surface area contributed by atoms with Crippen molar-refractivity contribution in [3.05, 3.63) is 75.0 Å². The Bertz CT molecular complexity index is 1150. The first kappa shape index (κ1) is 19.6.